The lowest BCUT2D eigenvalue weighted by Gasteiger charge is -2.37. The normalized spacial score (nSPS) is 21.6. The number of methoxy groups -OCH3 is 1. The van der Waals surface area contributed by atoms with Crippen LogP contribution in [0.15, 0.2) is 45.3 Å². The maximum Gasteiger partial charge on any atom is 0.338 e. The summed E-state index contributed by atoms with van der Waals surface area (Å²) in [5, 5.41) is 14.2. The number of benzene rings is 2. The van der Waals surface area contributed by atoms with Crippen molar-refractivity contribution >= 4 is 35.2 Å². The second kappa shape index (κ2) is 11.0. The molecule has 0 radical (unpaired) electrons. The van der Waals surface area contributed by atoms with E-state index in [2.05, 4.69) is 20.3 Å². The van der Waals surface area contributed by atoms with Gasteiger partial charge in [0.1, 0.15) is 11.5 Å². The molecule has 2 aromatic carbocycles. The second-order valence-corrected chi connectivity index (χ2v) is 12.2. The molecule has 0 unspecified atom stereocenters. The number of piperidine rings is 1. The van der Waals surface area contributed by atoms with E-state index >= 15 is 0 Å². The smallest absolute Gasteiger partial charge is 0.338 e. The first-order chi connectivity index (χ1) is 20.4. The van der Waals surface area contributed by atoms with Gasteiger partial charge in [-0.15, -0.1) is 5.10 Å². The number of hydrogen-bond acceptors (Lipinski definition) is 9. The first-order valence-corrected chi connectivity index (χ1v) is 15.0. The molecule has 2 bridgehead atoms. The summed E-state index contributed by atoms with van der Waals surface area (Å²) < 4.78 is 23.4. The van der Waals surface area contributed by atoms with E-state index in [-0.39, 0.29) is 24.2 Å². The van der Waals surface area contributed by atoms with Gasteiger partial charge in [-0.3, -0.25) is 0 Å². The number of aryl methyl sites for hydroxylation is 1. The maximum atomic E-state index is 12.0. The van der Waals surface area contributed by atoms with Crippen molar-refractivity contribution in [2.24, 2.45) is 0 Å². The van der Waals surface area contributed by atoms with E-state index in [9.17, 15) is 4.79 Å². The summed E-state index contributed by atoms with van der Waals surface area (Å²) >= 11 is 13.1. The molecule has 1 saturated carbocycles. The van der Waals surface area contributed by atoms with Crippen molar-refractivity contribution in [1.82, 2.24) is 15.4 Å². The van der Waals surface area contributed by atoms with Crippen LogP contribution in [0.25, 0.3) is 22.7 Å². The SMILES string of the molecule is COC(=O)c1ccc(-c2nnc(N3[C@@H]4CC[C@H]3C[C@@H](OCc3c(-c5c(Cl)cccc5Cl)noc3C3CC3)C4)o2)cc1C. The fourth-order valence-electron chi connectivity index (χ4n) is 6.40. The van der Waals surface area contributed by atoms with Crippen LogP contribution in [0.4, 0.5) is 6.01 Å². The van der Waals surface area contributed by atoms with Gasteiger partial charge in [-0.05, 0) is 81.3 Å². The monoisotopic (exact) mass is 608 g/mol. The summed E-state index contributed by atoms with van der Waals surface area (Å²) in [7, 11) is 1.37. The number of aromatic nitrogens is 3. The standard InChI is InChI=1S/C31H30Cl2N4O5/c1-16-12-18(8-11-22(16)30(38)39-2)29-34-35-31(41-29)37-19-9-10-20(37)14-21(13-19)40-15-23-27(36-42-28(23)17-6-7-17)26-24(32)4-3-5-25(26)33/h3-5,8,11-12,17,19-21H,6-7,9-10,13-15H2,1-2H3/t19-,20+,21+. The molecule has 2 aromatic heterocycles. The van der Waals surface area contributed by atoms with E-state index in [1.807, 2.05) is 31.2 Å². The highest BCUT2D eigenvalue weighted by molar-refractivity contribution is 6.39. The summed E-state index contributed by atoms with van der Waals surface area (Å²) in [6, 6.07) is 11.9. The molecule has 3 atom stereocenters. The molecule has 0 amide bonds. The number of esters is 1. The zero-order valence-electron chi connectivity index (χ0n) is 23.3. The summed E-state index contributed by atoms with van der Waals surface area (Å²) in [6.45, 7) is 2.25. The average Bonchev–Trinajstić information content (AvgIpc) is 3.45. The lowest BCUT2D eigenvalue weighted by atomic mass is 10.00. The van der Waals surface area contributed by atoms with Crippen molar-refractivity contribution in [2.45, 2.75) is 76.2 Å². The summed E-state index contributed by atoms with van der Waals surface area (Å²) in [4.78, 5) is 14.2. The van der Waals surface area contributed by atoms with E-state index in [1.54, 1.807) is 12.1 Å². The van der Waals surface area contributed by atoms with Crippen molar-refractivity contribution in [3.63, 3.8) is 0 Å². The Hall–Kier alpha value is -3.40. The van der Waals surface area contributed by atoms with Gasteiger partial charge >= 0.3 is 12.0 Å². The minimum atomic E-state index is -0.372. The van der Waals surface area contributed by atoms with Gasteiger partial charge in [0.15, 0.2) is 0 Å². The molecule has 1 aliphatic carbocycles. The van der Waals surface area contributed by atoms with Crippen molar-refractivity contribution in [3.8, 4) is 22.7 Å². The van der Waals surface area contributed by atoms with E-state index < -0.39 is 0 Å². The molecule has 0 spiro atoms. The Labute approximate surface area is 253 Å². The highest BCUT2D eigenvalue weighted by Gasteiger charge is 2.44. The quantitative estimate of drug-likeness (QED) is 0.189. The Bertz CT molecular complexity index is 1610. The molecule has 3 aliphatic rings. The van der Waals surface area contributed by atoms with Gasteiger partial charge in [-0.1, -0.05) is 39.5 Å². The van der Waals surface area contributed by atoms with E-state index in [4.69, 9.17) is 41.6 Å². The largest absolute Gasteiger partial charge is 0.465 e. The Morgan fingerprint density at radius 3 is 2.45 bits per heavy atom. The predicted octanol–water partition coefficient (Wildman–Crippen LogP) is 7.39. The summed E-state index contributed by atoms with van der Waals surface area (Å²) in [5.41, 5.74) is 4.36. The molecule has 7 rings (SSSR count). The molecule has 9 nitrogen and oxygen atoms in total. The lowest BCUT2D eigenvalue weighted by molar-refractivity contribution is 0.0139. The predicted molar refractivity (Wildman–Crippen MR) is 157 cm³/mol. The van der Waals surface area contributed by atoms with Gasteiger partial charge in [0.2, 0.25) is 5.89 Å². The number of ether oxygens (including phenoxy) is 2. The number of halogens is 2. The van der Waals surface area contributed by atoms with Gasteiger partial charge in [-0.25, -0.2) is 4.79 Å². The van der Waals surface area contributed by atoms with Gasteiger partial charge in [0, 0.05) is 34.7 Å². The van der Waals surface area contributed by atoms with Gasteiger partial charge in [0.05, 0.1) is 35.4 Å². The molecule has 11 heteroatoms. The van der Waals surface area contributed by atoms with Crippen molar-refractivity contribution in [3.05, 3.63) is 68.9 Å². The number of fused-ring (bicyclic) bond motifs is 2. The third-order valence-electron chi connectivity index (χ3n) is 8.63. The average molecular weight is 610 g/mol. The number of rotatable bonds is 8. The molecule has 4 heterocycles. The minimum absolute atomic E-state index is 0.0752. The molecule has 0 N–H and O–H groups in total. The first kappa shape index (κ1) is 27.4. The van der Waals surface area contributed by atoms with E-state index in [0.717, 1.165) is 61.0 Å². The van der Waals surface area contributed by atoms with Crippen LogP contribution in [-0.2, 0) is 16.1 Å². The third-order valence-corrected chi connectivity index (χ3v) is 9.26. The van der Waals surface area contributed by atoms with Gasteiger partial charge in [0.25, 0.3) is 0 Å². The van der Waals surface area contributed by atoms with Crippen LogP contribution in [-0.4, -0.2) is 46.6 Å². The lowest BCUT2D eigenvalue weighted by Crippen LogP contribution is -2.45. The number of carbonyl (C=O) groups excluding carboxylic acids is 1. The van der Waals surface area contributed by atoms with Crippen LogP contribution in [0, 0.1) is 6.92 Å². The maximum absolute atomic E-state index is 12.0. The van der Waals surface area contributed by atoms with Crippen molar-refractivity contribution in [2.75, 3.05) is 12.0 Å². The minimum Gasteiger partial charge on any atom is -0.465 e. The van der Waals surface area contributed by atoms with E-state index in [0.29, 0.717) is 51.3 Å². The highest BCUT2D eigenvalue weighted by atomic mass is 35.5. The number of anilines is 1. The van der Waals surface area contributed by atoms with Crippen molar-refractivity contribution in [1.29, 1.82) is 0 Å². The molecule has 2 saturated heterocycles. The van der Waals surface area contributed by atoms with Gasteiger partial charge in [-0.2, -0.15) is 0 Å². The molecular weight excluding hydrogens is 579 g/mol. The Morgan fingerprint density at radius 1 is 1.05 bits per heavy atom. The molecule has 2 aliphatic heterocycles. The second-order valence-electron chi connectivity index (χ2n) is 11.4. The molecule has 42 heavy (non-hydrogen) atoms. The topological polar surface area (TPSA) is 104 Å². The zero-order chi connectivity index (χ0) is 29.0. The number of carbonyl (C=O) groups is 1. The van der Waals surface area contributed by atoms with Crippen LogP contribution in [0.2, 0.25) is 10.0 Å². The number of hydrogen-bond donors (Lipinski definition) is 0. The number of nitrogens with zero attached hydrogens (tertiary/aromatic N) is 4. The highest BCUT2D eigenvalue weighted by Crippen LogP contribution is 2.47. The van der Waals surface area contributed by atoms with Crippen LogP contribution in [0.5, 0.6) is 0 Å². The Morgan fingerprint density at radius 2 is 1.79 bits per heavy atom. The van der Waals surface area contributed by atoms with Crippen LogP contribution >= 0.6 is 23.2 Å². The van der Waals surface area contributed by atoms with Crippen LogP contribution < -0.4 is 4.90 Å². The van der Waals surface area contributed by atoms with E-state index in [1.165, 1.54) is 7.11 Å². The summed E-state index contributed by atoms with van der Waals surface area (Å²) in [5.74, 6) is 1.31. The first-order valence-electron chi connectivity index (χ1n) is 14.3. The van der Waals surface area contributed by atoms with Crippen LogP contribution in [0.3, 0.4) is 0 Å². The summed E-state index contributed by atoms with van der Waals surface area (Å²) in [6.07, 6.45) is 6.03. The zero-order valence-corrected chi connectivity index (χ0v) is 24.8. The fraction of sp³-hybridized carbons (Fsp3) is 0.419. The molecule has 4 aromatic rings. The van der Waals surface area contributed by atoms with Crippen molar-refractivity contribution < 1.29 is 23.2 Å². The Kier molecular flexibility index (Phi) is 7.20. The molecular formula is C31H30Cl2N4O5. The van der Waals surface area contributed by atoms with Gasteiger partial charge < -0.3 is 23.3 Å². The third kappa shape index (κ3) is 4.97. The van der Waals surface area contributed by atoms with Crippen LogP contribution in [0.1, 0.15) is 71.7 Å². The molecule has 3 fully saturated rings. The molecule has 218 valence electrons. The Balaban J connectivity index is 1.06. The fourth-order valence-corrected chi connectivity index (χ4v) is 6.97.